The van der Waals surface area contributed by atoms with Crippen LogP contribution in [0.3, 0.4) is 0 Å². The minimum absolute atomic E-state index is 0.126. The highest BCUT2D eigenvalue weighted by Crippen LogP contribution is 2.42. The number of ether oxygens (including phenoxy) is 5. The molecule has 3 aromatic rings. The second-order valence-electron chi connectivity index (χ2n) is 12.5. The number of carbonyl (C=O) groups excluding carboxylic acids is 1. The third-order valence-corrected chi connectivity index (χ3v) is 13.0. The fourth-order valence-corrected chi connectivity index (χ4v) is 10.6. The summed E-state index contributed by atoms with van der Waals surface area (Å²) in [6, 6.07) is 30.7. The highest BCUT2D eigenvalue weighted by atomic mass is 28.4. The molecule has 8 heteroatoms. The van der Waals surface area contributed by atoms with Crippen LogP contribution in [0.5, 0.6) is 0 Å². The van der Waals surface area contributed by atoms with E-state index in [0.29, 0.717) is 12.2 Å². The Labute approximate surface area is 255 Å². The Balaban J connectivity index is 1.52. The minimum Gasteiger partial charge on any atom is -0.466 e. The first kappa shape index (κ1) is 31.3. The molecule has 7 nitrogen and oxygen atoms in total. The summed E-state index contributed by atoms with van der Waals surface area (Å²) in [7, 11) is -1.56. The SMILES string of the molecule is COC(=O)C=C(CO[Si](c1ccccc1)(c1ccccc1)C(C)(C)C)[C@H]1O[C@@H]2OC(C)(C)O[C@@H]2[C@H]1OCc1ccccc1. The summed E-state index contributed by atoms with van der Waals surface area (Å²) in [5, 5.41) is 2.03. The maximum absolute atomic E-state index is 12.8. The number of carbonyl (C=O) groups is 1. The first-order chi connectivity index (χ1) is 20.5. The van der Waals surface area contributed by atoms with Crippen LogP contribution in [-0.4, -0.2) is 58.4 Å². The van der Waals surface area contributed by atoms with E-state index < -0.39 is 44.7 Å². The monoisotopic (exact) mass is 602 g/mol. The van der Waals surface area contributed by atoms with Gasteiger partial charge in [-0.05, 0) is 40.4 Å². The van der Waals surface area contributed by atoms with Crippen molar-refractivity contribution in [1.82, 2.24) is 0 Å². The maximum Gasteiger partial charge on any atom is 0.330 e. The van der Waals surface area contributed by atoms with Gasteiger partial charge in [-0.1, -0.05) is 112 Å². The smallest absolute Gasteiger partial charge is 0.330 e. The van der Waals surface area contributed by atoms with Gasteiger partial charge in [-0.3, -0.25) is 0 Å². The van der Waals surface area contributed by atoms with Crippen LogP contribution >= 0.6 is 0 Å². The molecule has 0 bridgehead atoms. The summed E-state index contributed by atoms with van der Waals surface area (Å²) in [6.45, 7) is 10.8. The fourth-order valence-electron chi connectivity index (χ4n) is 6.10. The van der Waals surface area contributed by atoms with E-state index in [9.17, 15) is 4.79 Å². The molecule has 3 aromatic carbocycles. The van der Waals surface area contributed by atoms with Gasteiger partial charge in [-0.25, -0.2) is 4.79 Å². The molecular weight excluding hydrogens is 560 g/mol. The van der Waals surface area contributed by atoms with Gasteiger partial charge < -0.3 is 28.1 Å². The quantitative estimate of drug-likeness (QED) is 0.181. The molecule has 0 saturated carbocycles. The van der Waals surface area contributed by atoms with Gasteiger partial charge in [0.2, 0.25) is 0 Å². The molecule has 2 aliphatic rings. The van der Waals surface area contributed by atoms with Crippen molar-refractivity contribution in [2.45, 2.75) is 76.7 Å². The number of fused-ring (bicyclic) bond motifs is 1. The molecule has 5 rings (SSSR count). The topological polar surface area (TPSA) is 72.5 Å². The lowest BCUT2D eigenvalue weighted by atomic mass is 10.0. The largest absolute Gasteiger partial charge is 0.466 e. The summed E-state index contributed by atoms with van der Waals surface area (Å²) in [5.74, 6) is -1.32. The van der Waals surface area contributed by atoms with Gasteiger partial charge in [-0.15, -0.1) is 0 Å². The number of rotatable bonds is 10. The summed E-state index contributed by atoms with van der Waals surface area (Å²) < 4.78 is 37.7. The van der Waals surface area contributed by atoms with E-state index in [1.165, 1.54) is 13.2 Å². The molecule has 0 amide bonds. The molecule has 0 spiro atoms. The van der Waals surface area contributed by atoms with Crippen LogP contribution in [0.15, 0.2) is 103 Å². The molecule has 2 fully saturated rings. The van der Waals surface area contributed by atoms with Gasteiger partial charge in [0.15, 0.2) is 12.1 Å². The van der Waals surface area contributed by atoms with E-state index in [2.05, 4.69) is 45.0 Å². The lowest BCUT2D eigenvalue weighted by Gasteiger charge is -2.43. The molecule has 4 atom stereocenters. The number of hydrogen-bond donors (Lipinski definition) is 0. The van der Waals surface area contributed by atoms with Crippen LogP contribution in [0.4, 0.5) is 0 Å². The number of methoxy groups -OCH3 is 1. The van der Waals surface area contributed by atoms with E-state index in [1.807, 2.05) is 80.6 Å². The van der Waals surface area contributed by atoms with Gasteiger partial charge >= 0.3 is 5.97 Å². The maximum atomic E-state index is 12.8. The normalized spacial score (nSPS) is 23.6. The zero-order valence-electron chi connectivity index (χ0n) is 25.8. The second kappa shape index (κ2) is 12.9. The van der Waals surface area contributed by atoms with Crippen molar-refractivity contribution in [3.8, 4) is 0 Å². The first-order valence-electron chi connectivity index (χ1n) is 14.7. The fraction of sp³-hybridized carbons (Fsp3) is 0.400. The summed E-state index contributed by atoms with van der Waals surface area (Å²) in [4.78, 5) is 12.8. The first-order valence-corrected chi connectivity index (χ1v) is 16.6. The molecule has 0 N–H and O–H groups in total. The van der Waals surface area contributed by atoms with Crippen molar-refractivity contribution < 1.29 is 32.9 Å². The highest BCUT2D eigenvalue weighted by Gasteiger charge is 2.57. The number of benzene rings is 3. The molecule has 2 saturated heterocycles. The van der Waals surface area contributed by atoms with E-state index in [1.54, 1.807) is 0 Å². The van der Waals surface area contributed by atoms with Crippen LogP contribution in [-0.2, 0) is 39.5 Å². The Hall–Kier alpha value is -3.11. The number of esters is 1. The van der Waals surface area contributed by atoms with Gasteiger partial charge in [-0.2, -0.15) is 0 Å². The highest BCUT2D eigenvalue weighted by molar-refractivity contribution is 6.99. The van der Waals surface area contributed by atoms with Crippen LogP contribution in [0, 0.1) is 0 Å². The van der Waals surface area contributed by atoms with Crippen molar-refractivity contribution in [3.05, 3.63) is 108 Å². The van der Waals surface area contributed by atoms with Crippen LogP contribution < -0.4 is 10.4 Å². The van der Waals surface area contributed by atoms with Gasteiger partial charge in [0.05, 0.1) is 20.3 Å². The summed E-state index contributed by atoms with van der Waals surface area (Å²) >= 11 is 0. The molecule has 0 unspecified atom stereocenters. The molecule has 43 heavy (non-hydrogen) atoms. The van der Waals surface area contributed by atoms with Gasteiger partial charge in [0.25, 0.3) is 8.32 Å². The molecule has 0 aromatic heterocycles. The zero-order valence-corrected chi connectivity index (χ0v) is 26.8. The molecular formula is C35H42O7Si. The third-order valence-electron chi connectivity index (χ3n) is 8.02. The Morgan fingerprint density at radius 1 is 0.884 bits per heavy atom. The van der Waals surface area contributed by atoms with Crippen LogP contribution in [0.25, 0.3) is 0 Å². The van der Waals surface area contributed by atoms with Crippen molar-refractivity contribution in [1.29, 1.82) is 0 Å². The Morgan fingerprint density at radius 2 is 1.44 bits per heavy atom. The second-order valence-corrected chi connectivity index (χ2v) is 16.8. The Kier molecular flexibility index (Phi) is 9.36. The van der Waals surface area contributed by atoms with E-state index >= 15 is 0 Å². The summed E-state index contributed by atoms with van der Waals surface area (Å²) in [5.41, 5.74) is 1.63. The molecule has 0 radical (unpaired) electrons. The van der Waals surface area contributed by atoms with E-state index in [4.69, 9.17) is 28.1 Å². The lowest BCUT2D eigenvalue weighted by Crippen LogP contribution is -2.66. The Morgan fingerprint density at radius 3 is 1.98 bits per heavy atom. The molecule has 2 heterocycles. The predicted molar refractivity (Wildman–Crippen MR) is 167 cm³/mol. The van der Waals surface area contributed by atoms with Gasteiger partial charge in [0, 0.05) is 6.08 Å². The van der Waals surface area contributed by atoms with Crippen molar-refractivity contribution in [2.75, 3.05) is 13.7 Å². The predicted octanol–water partition coefficient (Wildman–Crippen LogP) is 5.12. The minimum atomic E-state index is -2.92. The number of hydrogen-bond acceptors (Lipinski definition) is 7. The van der Waals surface area contributed by atoms with Crippen molar-refractivity contribution in [3.63, 3.8) is 0 Å². The van der Waals surface area contributed by atoms with Crippen LogP contribution in [0.2, 0.25) is 5.04 Å². The standard InChI is InChI=1S/C35H42O7Si/c1-34(2,3)43(27-18-12-8-13-19-27,28-20-14-9-15-21-28)39-24-26(22-29(36)37-6)30-31(38-23-25-16-10-7-11-17-25)32-33(40-30)42-35(4,5)41-32/h7-22,30-33H,23-24H2,1-6H3/t30-,31+,32-,33-/m1/s1. The zero-order chi connectivity index (χ0) is 30.7. The van der Waals surface area contributed by atoms with E-state index in [-0.39, 0.29) is 11.6 Å². The molecule has 228 valence electrons. The molecule has 0 aliphatic carbocycles. The lowest BCUT2D eigenvalue weighted by molar-refractivity contribution is -0.214. The molecule has 2 aliphatic heterocycles. The average Bonchev–Trinajstić information content (AvgIpc) is 3.47. The van der Waals surface area contributed by atoms with Crippen LogP contribution in [0.1, 0.15) is 40.2 Å². The van der Waals surface area contributed by atoms with Gasteiger partial charge in [0.1, 0.15) is 18.3 Å². The Bertz CT molecular complexity index is 1350. The average molecular weight is 603 g/mol. The van der Waals surface area contributed by atoms with Crippen molar-refractivity contribution >= 4 is 24.7 Å². The van der Waals surface area contributed by atoms with Crippen molar-refractivity contribution in [2.24, 2.45) is 0 Å². The third kappa shape index (κ3) is 6.70. The summed E-state index contributed by atoms with van der Waals surface area (Å²) in [6.07, 6.45) is -0.891. The van der Waals surface area contributed by atoms with E-state index in [0.717, 1.165) is 15.9 Å².